The van der Waals surface area contributed by atoms with Gasteiger partial charge in [0.1, 0.15) is 10.6 Å². The SMILES string of the molecule is Cc1noc(C)c1S(=O)(=O)N1CCCC(C(=O)Nc2nnc(SCc3cccs3)s2)C1. The molecule has 1 amide bonds. The molecule has 1 saturated heterocycles. The average Bonchev–Trinajstić information content (AvgIpc) is 3.49. The number of thiophene rings is 1. The molecule has 13 heteroatoms. The quantitative estimate of drug-likeness (QED) is 0.387. The number of amides is 1. The Balaban J connectivity index is 1.38. The van der Waals surface area contributed by atoms with Crippen molar-refractivity contribution < 1.29 is 17.7 Å². The maximum atomic E-state index is 13.1. The molecular weight excluding hydrogens is 478 g/mol. The molecule has 31 heavy (non-hydrogen) atoms. The molecule has 0 aliphatic carbocycles. The van der Waals surface area contributed by atoms with Crippen LogP contribution in [0.25, 0.3) is 0 Å². The van der Waals surface area contributed by atoms with Crippen LogP contribution in [0, 0.1) is 19.8 Å². The smallest absolute Gasteiger partial charge is 0.248 e. The largest absolute Gasteiger partial charge is 0.360 e. The highest BCUT2D eigenvalue weighted by Gasteiger charge is 2.36. The number of nitrogens with one attached hydrogen (secondary N) is 1. The fraction of sp³-hybridized carbons (Fsp3) is 0.444. The lowest BCUT2D eigenvalue weighted by Crippen LogP contribution is -2.43. The molecule has 0 saturated carbocycles. The molecule has 1 fully saturated rings. The van der Waals surface area contributed by atoms with Crippen LogP contribution in [0.1, 0.15) is 29.2 Å². The van der Waals surface area contributed by atoms with Crippen LogP contribution in [0.15, 0.2) is 31.3 Å². The normalized spacial score (nSPS) is 17.7. The molecule has 1 atom stereocenters. The van der Waals surface area contributed by atoms with Crippen LogP contribution in [0.3, 0.4) is 0 Å². The Hall–Kier alpha value is -1.80. The van der Waals surface area contributed by atoms with E-state index in [1.807, 2.05) is 11.4 Å². The summed E-state index contributed by atoms with van der Waals surface area (Å²) in [5.74, 6) is 0.349. The van der Waals surface area contributed by atoms with Gasteiger partial charge in [0.05, 0.1) is 5.92 Å². The van der Waals surface area contributed by atoms with Gasteiger partial charge in [-0.05, 0) is 38.1 Å². The first-order chi connectivity index (χ1) is 14.8. The molecule has 0 radical (unpaired) electrons. The van der Waals surface area contributed by atoms with E-state index >= 15 is 0 Å². The molecule has 4 rings (SSSR count). The summed E-state index contributed by atoms with van der Waals surface area (Å²) in [6.45, 7) is 3.64. The molecule has 3 aromatic rings. The van der Waals surface area contributed by atoms with Crippen LogP contribution >= 0.6 is 34.4 Å². The fourth-order valence-corrected chi connectivity index (χ4v) is 7.74. The monoisotopic (exact) mass is 499 g/mol. The molecule has 1 aliphatic heterocycles. The van der Waals surface area contributed by atoms with E-state index in [-0.39, 0.29) is 23.1 Å². The lowest BCUT2D eigenvalue weighted by molar-refractivity contribution is -0.120. The lowest BCUT2D eigenvalue weighted by atomic mass is 9.99. The zero-order valence-corrected chi connectivity index (χ0v) is 20.2. The summed E-state index contributed by atoms with van der Waals surface area (Å²) < 4.78 is 33.3. The predicted octanol–water partition coefficient (Wildman–Crippen LogP) is 3.54. The van der Waals surface area contributed by atoms with E-state index in [0.29, 0.717) is 30.2 Å². The van der Waals surface area contributed by atoms with Crippen molar-refractivity contribution in [3.05, 3.63) is 33.8 Å². The van der Waals surface area contributed by atoms with E-state index in [2.05, 4.69) is 26.7 Å². The number of nitrogens with zero attached hydrogens (tertiary/aromatic N) is 4. The first-order valence-electron chi connectivity index (χ1n) is 9.57. The zero-order valence-electron chi connectivity index (χ0n) is 16.9. The van der Waals surface area contributed by atoms with Gasteiger partial charge in [-0.15, -0.1) is 21.5 Å². The Morgan fingerprint density at radius 2 is 2.23 bits per heavy atom. The summed E-state index contributed by atoms with van der Waals surface area (Å²) >= 11 is 4.57. The van der Waals surface area contributed by atoms with E-state index in [9.17, 15) is 13.2 Å². The van der Waals surface area contributed by atoms with E-state index in [4.69, 9.17) is 4.52 Å². The minimum absolute atomic E-state index is 0.0880. The summed E-state index contributed by atoms with van der Waals surface area (Å²) in [6, 6.07) is 4.07. The Kier molecular flexibility index (Phi) is 6.77. The number of sulfonamides is 1. The Labute approximate surface area is 192 Å². The van der Waals surface area contributed by atoms with Crippen molar-refractivity contribution in [3.8, 4) is 0 Å². The molecule has 0 spiro atoms. The number of carbonyl (C=O) groups excluding carboxylic acids is 1. The van der Waals surface area contributed by atoms with Gasteiger partial charge < -0.3 is 9.84 Å². The summed E-state index contributed by atoms with van der Waals surface area (Å²) in [7, 11) is -3.77. The predicted molar refractivity (Wildman–Crippen MR) is 120 cm³/mol. The van der Waals surface area contributed by atoms with Crippen molar-refractivity contribution in [3.63, 3.8) is 0 Å². The molecule has 0 bridgehead atoms. The number of thioether (sulfide) groups is 1. The van der Waals surface area contributed by atoms with Crippen LogP contribution in [0.4, 0.5) is 5.13 Å². The fourth-order valence-electron chi connectivity index (χ4n) is 3.40. The van der Waals surface area contributed by atoms with Crippen LogP contribution in [0.2, 0.25) is 0 Å². The molecule has 3 aromatic heterocycles. The summed E-state index contributed by atoms with van der Waals surface area (Å²) in [4.78, 5) is 14.1. The number of anilines is 1. The molecule has 1 N–H and O–H groups in total. The van der Waals surface area contributed by atoms with Gasteiger partial charge in [-0.2, -0.15) is 4.31 Å². The number of aromatic nitrogens is 3. The van der Waals surface area contributed by atoms with Gasteiger partial charge in [0.25, 0.3) is 0 Å². The van der Waals surface area contributed by atoms with Crippen molar-refractivity contribution in [1.82, 2.24) is 19.7 Å². The maximum Gasteiger partial charge on any atom is 0.248 e. The van der Waals surface area contributed by atoms with Gasteiger partial charge in [0.15, 0.2) is 10.1 Å². The number of hydrogen-bond donors (Lipinski definition) is 1. The number of hydrogen-bond acceptors (Lipinski definition) is 10. The van der Waals surface area contributed by atoms with Crippen molar-refractivity contribution in [2.75, 3.05) is 18.4 Å². The molecule has 4 heterocycles. The molecule has 9 nitrogen and oxygen atoms in total. The standard InChI is InChI=1S/C18H21N5O4S4/c1-11-15(12(2)27-22-11)31(25,26)23-7-3-5-13(9-23)16(24)19-17-20-21-18(30-17)29-10-14-6-4-8-28-14/h4,6,8,13H,3,5,7,9-10H2,1-2H3,(H,19,20,24). The molecule has 166 valence electrons. The molecule has 0 aromatic carbocycles. The molecule has 1 aliphatic rings. The highest BCUT2D eigenvalue weighted by atomic mass is 32.2. The number of carbonyl (C=O) groups is 1. The summed E-state index contributed by atoms with van der Waals surface area (Å²) in [5.41, 5.74) is 0.325. The van der Waals surface area contributed by atoms with E-state index in [1.165, 1.54) is 20.5 Å². The van der Waals surface area contributed by atoms with Crippen LogP contribution in [0.5, 0.6) is 0 Å². The van der Waals surface area contributed by atoms with Gasteiger partial charge in [-0.25, -0.2) is 8.42 Å². The van der Waals surface area contributed by atoms with Gasteiger partial charge in [-0.1, -0.05) is 34.3 Å². The van der Waals surface area contributed by atoms with Gasteiger partial charge in [0, 0.05) is 23.7 Å². The van der Waals surface area contributed by atoms with Gasteiger partial charge in [0.2, 0.25) is 21.1 Å². The van der Waals surface area contributed by atoms with Crippen molar-refractivity contribution >= 4 is 55.5 Å². The van der Waals surface area contributed by atoms with E-state index < -0.39 is 15.9 Å². The minimum Gasteiger partial charge on any atom is -0.360 e. The minimum atomic E-state index is -3.77. The van der Waals surface area contributed by atoms with Crippen LogP contribution in [-0.4, -0.2) is 47.1 Å². The van der Waals surface area contributed by atoms with Gasteiger partial charge in [-0.3, -0.25) is 4.79 Å². The van der Waals surface area contributed by atoms with Crippen LogP contribution in [-0.2, 0) is 20.6 Å². The maximum absolute atomic E-state index is 13.1. The Bertz CT molecular complexity index is 1140. The van der Waals surface area contributed by atoms with E-state index in [1.54, 1.807) is 36.9 Å². The average molecular weight is 500 g/mol. The molecular formula is C18H21N5O4S4. The molecule has 1 unspecified atom stereocenters. The second kappa shape index (κ2) is 9.36. The number of piperidine rings is 1. The number of rotatable bonds is 7. The highest BCUT2D eigenvalue weighted by Crippen LogP contribution is 2.31. The van der Waals surface area contributed by atoms with Crippen molar-refractivity contribution in [2.24, 2.45) is 5.92 Å². The third-order valence-electron chi connectivity index (χ3n) is 4.88. The lowest BCUT2D eigenvalue weighted by Gasteiger charge is -2.30. The van der Waals surface area contributed by atoms with Crippen molar-refractivity contribution in [1.29, 1.82) is 0 Å². The third kappa shape index (κ3) is 5.00. The zero-order chi connectivity index (χ0) is 22.0. The topological polar surface area (TPSA) is 118 Å². The summed E-state index contributed by atoms with van der Waals surface area (Å²) in [6.07, 6.45) is 1.21. The Morgan fingerprint density at radius 1 is 1.39 bits per heavy atom. The van der Waals surface area contributed by atoms with Crippen LogP contribution < -0.4 is 5.32 Å². The summed E-state index contributed by atoms with van der Waals surface area (Å²) in [5, 5.41) is 17.2. The third-order valence-corrected chi connectivity index (χ3v) is 10.1. The number of aryl methyl sites for hydroxylation is 2. The van der Waals surface area contributed by atoms with Gasteiger partial charge >= 0.3 is 0 Å². The first kappa shape index (κ1) is 22.4. The second-order valence-corrected chi connectivity index (χ2v) is 12.2. The van der Waals surface area contributed by atoms with Crippen molar-refractivity contribution in [2.45, 2.75) is 41.7 Å². The highest BCUT2D eigenvalue weighted by molar-refractivity contribution is 8.00. The first-order valence-corrected chi connectivity index (χ1v) is 13.7. The van der Waals surface area contributed by atoms with E-state index in [0.717, 1.165) is 10.1 Å². The Morgan fingerprint density at radius 3 is 2.94 bits per heavy atom. The second-order valence-electron chi connectivity index (χ2n) is 7.09.